The van der Waals surface area contributed by atoms with E-state index in [1.165, 1.54) is 7.05 Å². The third-order valence-electron chi connectivity index (χ3n) is 3.05. The summed E-state index contributed by atoms with van der Waals surface area (Å²) in [4.78, 5) is 23.6. The Kier molecular flexibility index (Phi) is 5.13. The molecule has 0 N–H and O–H groups in total. The van der Waals surface area contributed by atoms with Crippen molar-refractivity contribution in [2.45, 2.75) is 39.5 Å². The number of rotatable bonds is 5. The van der Waals surface area contributed by atoms with Gasteiger partial charge in [0.2, 0.25) is 0 Å². The second kappa shape index (κ2) is 6.38. The molecule has 0 amide bonds. The van der Waals surface area contributed by atoms with Gasteiger partial charge in [-0.3, -0.25) is 13.9 Å². The molecule has 0 saturated carbocycles. The number of nitrogens with zero attached hydrogens (tertiary/aromatic N) is 2. The van der Waals surface area contributed by atoms with Gasteiger partial charge in [0.15, 0.2) is 0 Å². The highest BCUT2D eigenvalue weighted by molar-refractivity contribution is 5.62. The fourth-order valence-electron chi connectivity index (χ4n) is 1.96. The first kappa shape index (κ1) is 14.5. The Morgan fingerprint density at radius 3 is 2.39 bits per heavy atom. The van der Waals surface area contributed by atoms with Gasteiger partial charge in [0.1, 0.15) is 0 Å². The maximum Gasteiger partial charge on any atom is 0.330 e. The topological polar surface area (TPSA) is 44.0 Å². The van der Waals surface area contributed by atoms with Gasteiger partial charge in [0, 0.05) is 20.2 Å². The van der Waals surface area contributed by atoms with E-state index < -0.39 is 0 Å². The minimum atomic E-state index is -0.268. The van der Waals surface area contributed by atoms with Gasteiger partial charge >= 0.3 is 5.69 Å². The van der Waals surface area contributed by atoms with E-state index in [1.54, 1.807) is 17.7 Å². The van der Waals surface area contributed by atoms with Gasteiger partial charge in [-0.15, -0.1) is 0 Å². The minimum absolute atomic E-state index is 0.244. The SMILES string of the molecule is CCC/C=C(\CCC)c1cc(=O)n(C)c(=O)n1C. The van der Waals surface area contributed by atoms with Crippen molar-refractivity contribution in [3.63, 3.8) is 0 Å². The van der Waals surface area contributed by atoms with Crippen LogP contribution in [0.25, 0.3) is 5.57 Å². The monoisotopic (exact) mass is 250 g/mol. The third-order valence-corrected chi connectivity index (χ3v) is 3.05. The quantitative estimate of drug-likeness (QED) is 0.803. The lowest BCUT2D eigenvalue weighted by Crippen LogP contribution is -2.37. The lowest BCUT2D eigenvalue weighted by molar-refractivity contribution is 0.675. The van der Waals surface area contributed by atoms with Crippen LogP contribution >= 0.6 is 0 Å². The number of hydrogen-bond acceptors (Lipinski definition) is 2. The Morgan fingerprint density at radius 1 is 1.17 bits per heavy atom. The number of aromatic nitrogens is 2. The normalized spacial score (nSPS) is 11.9. The van der Waals surface area contributed by atoms with Gasteiger partial charge in [-0.05, 0) is 18.4 Å². The molecular formula is C14H22N2O2. The van der Waals surface area contributed by atoms with E-state index >= 15 is 0 Å². The van der Waals surface area contributed by atoms with Crippen molar-refractivity contribution in [2.75, 3.05) is 0 Å². The summed E-state index contributed by atoms with van der Waals surface area (Å²) in [5.41, 5.74) is 1.33. The van der Waals surface area contributed by atoms with Gasteiger partial charge in [-0.1, -0.05) is 32.8 Å². The summed E-state index contributed by atoms with van der Waals surface area (Å²) in [5.74, 6) is 0. The van der Waals surface area contributed by atoms with E-state index in [0.717, 1.165) is 41.5 Å². The smallest absolute Gasteiger partial charge is 0.297 e. The van der Waals surface area contributed by atoms with Crippen LogP contribution in [0.5, 0.6) is 0 Å². The van der Waals surface area contributed by atoms with E-state index in [9.17, 15) is 9.59 Å². The van der Waals surface area contributed by atoms with Gasteiger partial charge in [0.05, 0.1) is 5.69 Å². The maximum atomic E-state index is 11.9. The summed E-state index contributed by atoms with van der Waals surface area (Å²) in [5, 5.41) is 0. The molecule has 0 aliphatic rings. The summed E-state index contributed by atoms with van der Waals surface area (Å²) in [6.07, 6.45) is 6.06. The zero-order valence-electron chi connectivity index (χ0n) is 11.7. The molecular weight excluding hydrogens is 228 g/mol. The van der Waals surface area contributed by atoms with Crippen LogP contribution in [-0.4, -0.2) is 9.13 Å². The molecule has 1 rings (SSSR count). The predicted octanol–water partition coefficient (Wildman–Crippen LogP) is 2.07. The van der Waals surface area contributed by atoms with Crippen molar-refractivity contribution in [3.8, 4) is 0 Å². The van der Waals surface area contributed by atoms with Crippen LogP contribution in [0.15, 0.2) is 21.7 Å². The molecule has 0 saturated heterocycles. The molecule has 0 aliphatic heterocycles. The van der Waals surface area contributed by atoms with Crippen LogP contribution in [0.3, 0.4) is 0 Å². The molecule has 1 aromatic rings. The lowest BCUT2D eigenvalue weighted by atomic mass is 10.0. The zero-order valence-corrected chi connectivity index (χ0v) is 11.7. The molecule has 4 heteroatoms. The fourth-order valence-corrected chi connectivity index (χ4v) is 1.96. The fraction of sp³-hybridized carbons (Fsp3) is 0.571. The molecule has 0 bridgehead atoms. The highest BCUT2D eigenvalue weighted by Crippen LogP contribution is 2.18. The van der Waals surface area contributed by atoms with Gasteiger partial charge < -0.3 is 0 Å². The van der Waals surface area contributed by atoms with E-state index in [1.807, 2.05) is 0 Å². The van der Waals surface area contributed by atoms with Crippen LogP contribution < -0.4 is 11.2 Å². The Balaban J connectivity index is 3.38. The molecule has 0 aliphatic carbocycles. The van der Waals surface area contributed by atoms with Crippen molar-refractivity contribution >= 4 is 5.57 Å². The lowest BCUT2D eigenvalue weighted by Gasteiger charge is -2.12. The maximum absolute atomic E-state index is 11.9. The van der Waals surface area contributed by atoms with Crippen molar-refractivity contribution in [2.24, 2.45) is 14.1 Å². The van der Waals surface area contributed by atoms with Crippen LogP contribution in [0.2, 0.25) is 0 Å². The standard InChI is InChI=1S/C14H22N2O2/c1-5-7-9-11(8-6-2)12-10-13(17)16(4)14(18)15(12)3/h9-10H,5-8H2,1-4H3/b11-9+. The van der Waals surface area contributed by atoms with Gasteiger partial charge in [-0.25, -0.2) is 4.79 Å². The summed E-state index contributed by atoms with van der Waals surface area (Å²) in [6, 6.07) is 1.55. The summed E-state index contributed by atoms with van der Waals surface area (Å²) < 4.78 is 2.69. The summed E-state index contributed by atoms with van der Waals surface area (Å²) in [6.45, 7) is 4.21. The number of hydrogen-bond donors (Lipinski definition) is 0. The number of allylic oxidation sites excluding steroid dienone is 2. The van der Waals surface area contributed by atoms with Crippen LogP contribution in [0.1, 0.15) is 45.2 Å². The van der Waals surface area contributed by atoms with Gasteiger partial charge in [0.25, 0.3) is 5.56 Å². The van der Waals surface area contributed by atoms with Gasteiger partial charge in [-0.2, -0.15) is 0 Å². The minimum Gasteiger partial charge on any atom is -0.297 e. The zero-order chi connectivity index (χ0) is 13.7. The average molecular weight is 250 g/mol. The predicted molar refractivity (Wildman–Crippen MR) is 74.7 cm³/mol. The second-order valence-electron chi connectivity index (χ2n) is 4.54. The molecule has 1 heterocycles. The van der Waals surface area contributed by atoms with Crippen LogP contribution in [0.4, 0.5) is 0 Å². The molecule has 100 valence electrons. The molecule has 4 nitrogen and oxygen atoms in total. The highest BCUT2D eigenvalue weighted by Gasteiger charge is 2.09. The molecule has 0 atom stereocenters. The molecule has 18 heavy (non-hydrogen) atoms. The Morgan fingerprint density at radius 2 is 1.83 bits per heavy atom. The van der Waals surface area contributed by atoms with E-state index in [-0.39, 0.29) is 11.2 Å². The Bertz CT molecular complexity index is 550. The van der Waals surface area contributed by atoms with Crippen molar-refractivity contribution in [1.82, 2.24) is 9.13 Å². The van der Waals surface area contributed by atoms with Crippen LogP contribution in [-0.2, 0) is 14.1 Å². The molecule has 0 aromatic carbocycles. The first-order valence-electron chi connectivity index (χ1n) is 6.49. The molecule has 0 spiro atoms. The number of unbranched alkanes of at least 4 members (excludes halogenated alkanes) is 1. The van der Waals surface area contributed by atoms with E-state index in [2.05, 4.69) is 19.9 Å². The van der Waals surface area contributed by atoms with Crippen molar-refractivity contribution < 1.29 is 0 Å². The molecule has 1 aromatic heterocycles. The second-order valence-corrected chi connectivity index (χ2v) is 4.54. The average Bonchev–Trinajstić information content (AvgIpc) is 2.36. The molecule has 0 unspecified atom stereocenters. The van der Waals surface area contributed by atoms with Crippen molar-refractivity contribution in [3.05, 3.63) is 38.7 Å². The summed E-state index contributed by atoms with van der Waals surface area (Å²) in [7, 11) is 3.22. The first-order chi connectivity index (χ1) is 8.52. The molecule has 0 radical (unpaired) electrons. The largest absolute Gasteiger partial charge is 0.330 e. The summed E-state index contributed by atoms with van der Waals surface area (Å²) >= 11 is 0. The van der Waals surface area contributed by atoms with E-state index in [4.69, 9.17) is 0 Å². The Hall–Kier alpha value is -1.58. The first-order valence-corrected chi connectivity index (χ1v) is 6.49. The molecule has 0 fully saturated rings. The Labute approximate surface area is 108 Å². The van der Waals surface area contributed by atoms with E-state index in [0.29, 0.717) is 0 Å². The third kappa shape index (κ3) is 3.00. The van der Waals surface area contributed by atoms with Crippen LogP contribution in [0, 0.1) is 0 Å². The highest BCUT2D eigenvalue weighted by atomic mass is 16.2. The van der Waals surface area contributed by atoms with Crippen molar-refractivity contribution in [1.29, 1.82) is 0 Å².